The van der Waals surface area contributed by atoms with E-state index in [1.165, 1.54) is 38.5 Å². The van der Waals surface area contributed by atoms with Gasteiger partial charge in [0.1, 0.15) is 0 Å². The van der Waals surface area contributed by atoms with E-state index in [1.807, 2.05) is 0 Å². The minimum Gasteiger partial charge on any atom is -0.396 e. The maximum atomic E-state index is 9.12. The summed E-state index contributed by atoms with van der Waals surface area (Å²) in [6.07, 6.45) is 10.2. The molecule has 2 bridgehead atoms. The van der Waals surface area contributed by atoms with Gasteiger partial charge in [-0.15, -0.1) is 0 Å². The van der Waals surface area contributed by atoms with E-state index in [9.17, 15) is 0 Å². The zero-order valence-corrected chi connectivity index (χ0v) is 12.0. The van der Waals surface area contributed by atoms with Crippen LogP contribution in [0.5, 0.6) is 0 Å². The first-order valence-electron chi connectivity index (χ1n) is 7.89. The van der Waals surface area contributed by atoms with Crippen LogP contribution < -0.4 is 0 Å². The average Bonchev–Trinajstić information content (AvgIpc) is 2.54. The van der Waals surface area contributed by atoms with Crippen LogP contribution in [0.4, 0.5) is 0 Å². The van der Waals surface area contributed by atoms with E-state index >= 15 is 0 Å². The summed E-state index contributed by atoms with van der Waals surface area (Å²) < 4.78 is 6.69. The molecule has 0 aromatic carbocycles. The van der Waals surface area contributed by atoms with Gasteiger partial charge in [0.05, 0.1) is 11.2 Å². The minimum atomic E-state index is 0.0869. The van der Waals surface area contributed by atoms with Crippen molar-refractivity contribution in [2.75, 3.05) is 6.61 Å². The fraction of sp³-hybridized carbons (Fsp3) is 1.00. The van der Waals surface area contributed by atoms with Gasteiger partial charge >= 0.3 is 0 Å². The summed E-state index contributed by atoms with van der Waals surface area (Å²) in [5, 5.41) is 9.12. The van der Waals surface area contributed by atoms with Crippen LogP contribution in [0, 0.1) is 17.8 Å². The number of fused-ring (bicyclic) bond motifs is 1. The summed E-state index contributed by atoms with van der Waals surface area (Å²) in [5.74, 6) is 2.27. The van der Waals surface area contributed by atoms with Crippen molar-refractivity contribution in [1.82, 2.24) is 0 Å². The summed E-state index contributed by atoms with van der Waals surface area (Å²) in [4.78, 5) is 0. The Labute approximate surface area is 111 Å². The second-order valence-electron chi connectivity index (χ2n) is 7.33. The Kier molecular flexibility index (Phi) is 3.22. The van der Waals surface area contributed by atoms with Crippen LogP contribution in [0.1, 0.15) is 65.2 Å². The topological polar surface area (TPSA) is 29.5 Å². The molecule has 0 aromatic heterocycles. The molecule has 1 aliphatic heterocycles. The quantitative estimate of drug-likeness (QED) is 0.832. The standard InChI is InChI=1S/C16H28O2/c1-15(2)14-9-8-13-6-3-5-12(7-4-10-17)16(13,11-14)18-15/h12-14,17H,3-11H2,1-2H3/t12-,13?,14-,16+/m1/s1. The maximum Gasteiger partial charge on any atom is 0.0749 e. The molecular weight excluding hydrogens is 224 g/mol. The molecule has 1 heterocycles. The van der Waals surface area contributed by atoms with E-state index in [0.29, 0.717) is 12.5 Å². The highest BCUT2D eigenvalue weighted by Crippen LogP contribution is 2.60. The lowest BCUT2D eigenvalue weighted by Gasteiger charge is -2.49. The van der Waals surface area contributed by atoms with E-state index in [-0.39, 0.29) is 11.2 Å². The monoisotopic (exact) mass is 252 g/mol. The van der Waals surface area contributed by atoms with E-state index in [4.69, 9.17) is 9.84 Å². The third kappa shape index (κ3) is 1.84. The van der Waals surface area contributed by atoms with Gasteiger partial charge in [-0.25, -0.2) is 0 Å². The third-order valence-electron chi connectivity index (χ3n) is 6.06. The molecule has 104 valence electrons. The van der Waals surface area contributed by atoms with Crippen molar-refractivity contribution in [3.05, 3.63) is 0 Å². The molecule has 1 N–H and O–H groups in total. The molecule has 4 atom stereocenters. The molecule has 3 rings (SSSR count). The van der Waals surface area contributed by atoms with Gasteiger partial charge in [-0.1, -0.05) is 6.42 Å². The Morgan fingerprint density at radius 2 is 1.89 bits per heavy atom. The largest absolute Gasteiger partial charge is 0.396 e. The normalized spacial score (nSPS) is 45.8. The number of aliphatic hydroxyl groups is 1. The third-order valence-corrected chi connectivity index (χ3v) is 6.06. The van der Waals surface area contributed by atoms with Crippen LogP contribution in [0.3, 0.4) is 0 Å². The van der Waals surface area contributed by atoms with Gasteiger partial charge in [-0.3, -0.25) is 0 Å². The molecular formula is C16H28O2. The average molecular weight is 252 g/mol. The van der Waals surface area contributed by atoms with Crippen molar-refractivity contribution in [3.8, 4) is 0 Å². The summed E-state index contributed by atoms with van der Waals surface area (Å²) in [6, 6.07) is 0. The molecule has 3 aliphatic rings. The first kappa shape index (κ1) is 12.9. The minimum absolute atomic E-state index is 0.0869. The van der Waals surface area contributed by atoms with Gasteiger partial charge in [0.2, 0.25) is 0 Å². The van der Waals surface area contributed by atoms with Gasteiger partial charge in [-0.05, 0) is 76.5 Å². The molecule has 2 nitrogen and oxygen atoms in total. The Balaban J connectivity index is 1.85. The molecule has 2 saturated carbocycles. The van der Waals surface area contributed by atoms with Gasteiger partial charge in [0.25, 0.3) is 0 Å². The Morgan fingerprint density at radius 1 is 1.11 bits per heavy atom. The van der Waals surface area contributed by atoms with Crippen molar-refractivity contribution in [2.45, 2.75) is 76.4 Å². The van der Waals surface area contributed by atoms with E-state index in [1.54, 1.807) is 0 Å². The molecule has 18 heavy (non-hydrogen) atoms. The summed E-state index contributed by atoms with van der Waals surface area (Å²) in [5.41, 5.74) is 0.267. The lowest BCUT2D eigenvalue weighted by molar-refractivity contribution is -0.162. The van der Waals surface area contributed by atoms with Gasteiger partial charge in [0, 0.05) is 6.61 Å². The number of hydrogen-bond acceptors (Lipinski definition) is 2. The molecule has 2 aliphatic carbocycles. The molecule has 0 radical (unpaired) electrons. The molecule has 1 saturated heterocycles. The van der Waals surface area contributed by atoms with Crippen LogP contribution in [0.25, 0.3) is 0 Å². The molecule has 2 heteroatoms. The highest BCUT2D eigenvalue weighted by molar-refractivity contribution is 5.10. The van der Waals surface area contributed by atoms with Crippen molar-refractivity contribution in [1.29, 1.82) is 0 Å². The van der Waals surface area contributed by atoms with Crippen molar-refractivity contribution in [3.63, 3.8) is 0 Å². The van der Waals surface area contributed by atoms with Gasteiger partial charge in [0.15, 0.2) is 0 Å². The first-order chi connectivity index (χ1) is 8.58. The van der Waals surface area contributed by atoms with Crippen molar-refractivity contribution >= 4 is 0 Å². The van der Waals surface area contributed by atoms with Crippen LogP contribution in [-0.4, -0.2) is 22.9 Å². The molecule has 0 amide bonds. The summed E-state index contributed by atoms with van der Waals surface area (Å²) in [7, 11) is 0. The fourth-order valence-electron chi connectivity index (χ4n) is 5.15. The van der Waals surface area contributed by atoms with Gasteiger partial charge < -0.3 is 9.84 Å². The lowest BCUT2D eigenvalue weighted by atomic mass is 9.59. The van der Waals surface area contributed by atoms with E-state index < -0.39 is 0 Å². The zero-order chi connectivity index (χ0) is 12.8. The summed E-state index contributed by atoms with van der Waals surface area (Å²) in [6.45, 7) is 4.93. The predicted molar refractivity (Wildman–Crippen MR) is 72.4 cm³/mol. The SMILES string of the molecule is CC1(C)O[C@]23C[C@H]1CCC2CCC[C@@H]3CCCO. The molecule has 0 aromatic rings. The van der Waals surface area contributed by atoms with Crippen LogP contribution in [0.15, 0.2) is 0 Å². The number of aliphatic hydroxyl groups excluding tert-OH is 1. The number of rotatable bonds is 3. The Hall–Kier alpha value is -0.0800. The smallest absolute Gasteiger partial charge is 0.0749 e. The van der Waals surface area contributed by atoms with E-state index in [2.05, 4.69) is 13.8 Å². The predicted octanol–water partition coefficient (Wildman–Crippen LogP) is 3.52. The molecule has 3 fully saturated rings. The maximum absolute atomic E-state index is 9.12. The zero-order valence-electron chi connectivity index (χ0n) is 12.0. The first-order valence-corrected chi connectivity index (χ1v) is 7.89. The van der Waals surface area contributed by atoms with Crippen LogP contribution in [-0.2, 0) is 4.74 Å². The highest BCUT2D eigenvalue weighted by Gasteiger charge is 2.60. The van der Waals surface area contributed by atoms with Crippen molar-refractivity contribution < 1.29 is 9.84 Å². The Morgan fingerprint density at radius 3 is 2.67 bits per heavy atom. The second kappa shape index (κ2) is 4.49. The molecule has 1 unspecified atom stereocenters. The Bertz CT molecular complexity index is 312. The lowest BCUT2D eigenvalue weighted by Crippen LogP contribution is -2.49. The molecule has 1 spiro atoms. The van der Waals surface area contributed by atoms with Gasteiger partial charge in [-0.2, -0.15) is 0 Å². The fourth-order valence-corrected chi connectivity index (χ4v) is 5.15. The highest BCUT2D eigenvalue weighted by atomic mass is 16.5. The number of hydrogen-bond donors (Lipinski definition) is 1. The van der Waals surface area contributed by atoms with Crippen LogP contribution in [0.2, 0.25) is 0 Å². The second-order valence-corrected chi connectivity index (χ2v) is 7.33. The number of ether oxygens (including phenoxy) is 1. The van der Waals surface area contributed by atoms with Crippen LogP contribution >= 0.6 is 0 Å². The van der Waals surface area contributed by atoms with Crippen molar-refractivity contribution in [2.24, 2.45) is 17.8 Å². The summed E-state index contributed by atoms with van der Waals surface area (Å²) >= 11 is 0. The van der Waals surface area contributed by atoms with E-state index in [0.717, 1.165) is 24.7 Å².